The first-order valence-corrected chi connectivity index (χ1v) is 9.73. The summed E-state index contributed by atoms with van der Waals surface area (Å²) in [7, 11) is 0. The lowest BCUT2D eigenvalue weighted by atomic mass is 9.85. The van der Waals surface area contributed by atoms with E-state index in [-0.39, 0.29) is 0 Å². The van der Waals surface area contributed by atoms with Gasteiger partial charge in [0.1, 0.15) is 5.78 Å². The molecule has 0 heterocycles. The Bertz CT molecular complexity index is 884. The third kappa shape index (κ3) is 4.74. The smallest absolute Gasteiger partial charge is 0.137 e. The molecule has 0 radical (unpaired) electrons. The molecule has 0 aliphatic heterocycles. The molecule has 0 fully saturated rings. The fraction of sp³-hybridized carbons (Fsp3) is 0.269. The Labute approximate surface area is 163 Å². The molecule has 2 aromatic carbocycles. The van der Waals surface area contributed by atoms with Gasteiger partial charge in [-0.15, -0.1) is 6.58 Å². The van der Waals surface area contributed by atoms with Gasteiger partial charge >= 0.3 is 0 Å². The maximum absolute atomic E-state index is 12.6. The number of carbonyl (C=O) groups is 1. The second-order valence-electron chi connectivity index (χ2n) is 7.45. The van der Waals surface area contributed by atoms with E-state index in [1.54, 1.807) is 0 Å². The Hall–Kier alpha value is -2.67. The Morgan fingerprint density at radius 3 is 2.56 bits per heavy atom. The van der Waals surface area contributed by atoms with Crippen LogP contribution in [0.15, 0.2) is 78.9 Å². The number of benzene rings is 2. The number of aryl methyl sites for hydroxylation is 2. The van der Waals surface area contributed by atoms with Crippen LogP contribution in [0.1, 0.15) is 41.5 Å². The van der Waals surface area contributed by atoms with E-state index in [1.807, 2.05) is 12.1 Å². The van der Waals surface area contributed by atoms with Gasteiger partial charge in [0.05, 0.1) is 0 Å². The largest absolute Gasteiger partial charge is 0.299 e. The van der Waals surface area contributed by atoms with Crippen LogP contribution in [0.5, 0.6) is 0 Å². The quantitative estimate of drug-likeness (QED) is 0.499. The molecule has 27 heavy (non-hydrogen) atoms. The van der Waals surface area contributed by atoms with Crippen molar-refractivity contribution < 1.29 is 4.79 Å². The van der Waals surface area contributed by atoms with Gasteiger partial charge in [0.15, 0.2) is 0 Å². The van der Waals surface area contributed by atoms with Crippen LogP contribution in [0.2, 0.25) is 0 Å². The molecular formula is C26H28O. The van der Waals surface area contributed by atoms with E-state index in [9.17, 15) is 4.79 Å². The summed E-state index contributed by atoms with van der Waals surface area (Å²) in [6, 6.07) is 16.8. The number of rotatable bonds is 8. The van der Waals surface area contributed by atoms with Crippen molar-refractivity contribution >= 4 is 11.4 Å². The van der Waals surface area contributed by atoms with E-state index in [1.165, 1.54) is 27.8 Å². The van der Waals surface area contributed by atoms with E-state index in [2.05, 4.69) is 75.0 Å². The van der Waals surface area contributed by atoms with Gasteiger partial charge in [0.25, 0.3) is 0 Å². The van der Waals surface area contributed by atoms with E-state index in [0.29, 0.717) is 24.5 Å². The van der Waals surface area contributed by atoms with Gasteiger partial charge in [-0.1, -0.05) is 77.9 Å². The van der Waals surface area contributed by atoms with Crippen molar-refractivity contribution in [2.45, 2.75) is 39.5 Å². The highest BCUT2D eigenvalue weighted by Gasteiger charge is 2.23. The van der Waals surface area contributed by atoms with Gasteiger partial charge in [-0.2, -0.15) is 0 Å². The Kier molecular flexibility index (Phi) is 6.24. The van der Waals surface area contributed by atoms with Crippen LogP contribution < -0.4 is 0 Å². The minimum absolute atomic E-state index is 0.313. The second-order valence-corrected chi connectivity index (χ2v) is 7.45. The van der Waals surface area contributed by atoms with Crippen LogP contribution in [0.25, 0.3) is 5.57 Å². The zero-order valence-electron chi connectivity index (χ0n) is 16.4. The summed E-state index contributed by atoms with van der Waals surface area (Å²) >= 11 is 0. The van der Waals surface area contributed by atoms with Crippen molar-refractivity contribution in [1.82, 2.24) is 0 Å². The van der Waals surface area contributed by atoms with E-state index < -0.39 is 0 Å². The molecule has 0 bridgehead atoms. The number of ketones is 1. The van der Waals surface area contributed by atoms with Crippen molar-refractivity contribution in [3.8, 4) is 0 Å². The molecule has 1 aliphatic carbocycles. The summed E-state index contributed by atoms with van der Waals surface area (Å²) in [5.41, 5.74) is 7.55. The topological polar surface area (TPSA) is 17.1 Å². The average Bonchev–Trinajstić information content (AvgIpc) is 3.06. The fourth-order valence-corrected chi connectivity index (χ4v) is 3.89. The molecule has 0 spiro atoms. The van der Waals surface area contributed by atoms with Gasteiger partial charge in [-0.3, -0.25) is 4.79 Å². The predicted molar refractivity (Wildman–Crippen MR) is 115 cm³/mol. The first kappa shape index (κ1) is 19.1. The molecule has 0 amide bonds. The minimum atomic E-state index is 0.313. The van der Waals surface area contributed by atoms with Gasteiger partial charge in [-0.25, -0.2) is 0 Å². The lowest BCUT2D eigenvalue weighted by Crippen LogP contribution is -2.08. The highest BCUT2D eigenvalue weighted by molar-refractivity contribution is 5.82. The standard InChI is InChI=1S/C26H28O/c1-4-8-25-22(14-16-26(25)21-9-6-5-7-10-21)13-15-24(27)18-23-12-11-19(2)17-20(23)3/h4-7,9-12,14,16-17,25H,1,8,13,15,18H2,2-3H3. The highest BCUT2D eigenvalue weighted by Crippen LogP contribution is 2.39. The number of Topliss-reactive ketones (excluding diaryl/α,β-unsaturated/α-hetero) is 1. The maximum atomic E-state index is 12.6. The zero-order valence-corrected chi connectivity index (χ0v) is 16.4. The van der Waals surface area contributed by atoms with Crippen LogP contribution in [-0.4, -0.2) is 5.78 Å². The molecule has 1 nitrogen and oxygen atoms in total. The summed E-state index contributed by atoms with van der Waals surface area (Å²) in [5.74, 6) is 0.659. The Balaban J connectivity index is 1.62. The number of carbonyl (C=O) groups excluding carboxylic acids is 1. The lowest BCUT2D eigenvalue weighted by molar-refractivity contribution is -0.118. The second kappa shape index (κ2) is 8.81. The van der Waals surface area contributed by atoms with Crippen LogP contribution in [0.4, 0.5) is 0 Å². The zero-order chi connectivity index (χ0) is 19.2. The summed E-state index contributed by atoms with van der Waals surface area (Å²) in [4.78, 5) is 12.6. The van der Waals surface area contributed by atoms with Gasteiger partial charge < -0.3 is 0 Å². The van der Waals surface area contributed by atoms with Crippen molar-refractivity contribution in [3.63, 3.8) is 0 Å². The number of allylic oxidation sites excluding steroid dienone is 5. The molecule has 138 valence electrons. The molecule has 1 heteroatoms. The van der Waals surface area contributed by atoms with Crippen molar-refractivity contribution in [3.05, 3.63) is 101 Å². The van der Waals surface area contributed by atoms with Crippen LogP contribution in [0.3, 0.4) is 0 Å². The number of hydrogen-bond donors (Lipinski definition) is 0. The third-order valence-corrected chi connectivity index (χ3v) is 5.39. The van der Waals surface area contributed by atoms with E-state index >= 15 is 0 Å². The van der Waals surface area contributed by atoms with Crippen LogP contribution >= 0.6 is 0 Å². The fourth-order valence-electron chi connectivity index (χ4n) is 3.89. The summed E-state index contributed by atoms with van der Waals surface area (Å²) in [5, 5.41) is 0. The molecule has 0 saturated heterocycles. The molecule has 0 aromatic heterocycles. The Morgan fingerprint density at radius 2 is 1.85 bits per heavy atom. The summed E-state index contributed by atoms with van der Waals surface area (Å²) in [6.07, 6.45) is 9.28. The van der Waals surface area contributed by atoms with Crippen LogP contribution in [0, 0.1) is 19.8 Å². The van der Waals surface area contributed by atoms with Crippen molar-refractivity contribution in [1.29, 1.82) is 0 Å². The SMILES string of the molecule is C=CCC1C(CCC(=O)Cc2ccc(C)cc2C)=CC=C1c1ccccc1. The first-order valence-electron chi connectivity index (χ1n) is 9.73. The minimum Gasteiger partial charge on any atom is -0.299 e. The number of hydrogen-bond acceptors (Lipinski definition) is 1. The van der Waals surface area contributed by atoms with Crippen LogP contribution in [-0.2, 0) is 11.2 Å². The molecule has 3 rings (SSSR count). The normalized spacial score (nSPS) is 16.0. The van der Waals surface area contributed by atoms with Gasteiger partial charge in [-0.05, 0) is 49.0 Å². The Morgan fingerprint density at radius 1 is 1.07 bits per heavy atom. The average molecular weight is 357 g/mol. The molecule has 2 aromatic rings. The van der Waals surface area contributed by atoms with Gasteiger partial charge in [0, 0.05) is 18.8 Å². The first-order chi connectivity index (χ1) is 13.1. The molecule has 1 atom stereocenters. The van der Waals surface area contributed by atoms with Crippen molar-refractivity contribution in [2.75, 3.05) is 0 Å². The molecular weight excluding hydrogens is 328 g/mol. The molecule has 0 saturated carbocycles. The summed E-state index contributed by atoms with van der Waals surface area (Å²) < 4.78 is 0. The monoisotopic (exact) mass is 356 g/mol. The van der Waals surface area contributed by atoms with Crippen molar-refractivity contribution in [2.24, 2.45) is 5.92 Å². The maximum Gasteiger partial charge on any atom is 0.137 e. The lowest BCUT2D eigenvalue weighted by Gasteiger charge is -2.18. The van der Waals surface area contributed by atoms with E-state index in [4.69, 9.17) is 0 Å². The summed E-state index contributed by atoms with van der Waals surface area (Å²) in [6.45, 7) is 8.11. The third-order valence-electron chi connectivity index (χ3n) is 5.39. The molecule has 1 aliphatic rings. The predicted octanol–water partition coefficient (Wildman–Crippen LogP) is 6.41. The highest BCUT2D eigenvalue weighted by atomic mass is 16.1. The molecule has 1 unspecified atom stereocenters. The van der Waals surface area contributed by atoms with E-state index in [0.717, 1.165) is 18.4 Å². The van der Waals surface area contributed by atoms with Gasteiger partial charge in [0.2, 0.25) is 0 Å². The molecule has 0 N–H and O–H groups in total.